The van der Waals surface area contributed by atoms with E-state index in [1.807, 2.05) is 6.07 Å². The Bertz CT molecular complexity index is 392. The highest BCUT2D eigenvalue weighted by Gasteiger charge is 2.23. The fourth-order valence-corrected chi connectivity index (χ4v) is 1.54. The highest BCUT2D eigenvalue weighted by atomic mass is 16.6. The van der Waals surface area contributed by atoms with Crippen molar-refractivity contribution in [2.45, 2.75) is 0 Å². The van der Waals surface area contributed by atoms with Crippen LogP contribution < -0.4 is 10.6 Å². The second kappa shape index (κ2) is 4.00. The summed E-state index contributed by atoms with van der Waals surface area (Å²) >= 11 is 0. The lowest BCUT2D eigenvalue weighted by atomic mass is 10.1. The molecule has 1 saturated heterocycles. The fraction of sp³-hybridized carbons (Fsp3) is 0.200. The first-order valence-electron chi connectivity index (χ1n) is 4.71. The number of nitrogens with zero attached hydrogens (tertiary/aromatic N) is 1. The lowest BCUT2D eigenvalue weighted by Gasteiger charge is -2.03. The van der Waals surface area contributed by atoms with Gasteiger partial charge >= 0.3 is 5.70 Å². The molecule has 1 aliphatic rings. The maximum atomic E-state index is 11.0. The molecular formula is C10H11N3O2. The molecule has 5 heteroatoms. The maximum absolute atomic E-state index is 11.0. The van der Waals surface area contributed by atoms with Crippen LogP contribution in [0.2, 0.25) is 0 Å². The van der Waals surface area contributed by atoms with Gasteiger partial charge in [0, 0.05) is 13.1 Å². The Labute approximate surface area is 86.9 Å². The van der Waals surface area contributed by atoms with Crippen molar-refractivity contribution in [1.29, 1.82) is 0 Å². The van der Waals surface area contributed by atoms with Gasteiger partial charge in [-0.2, -0.15) is 0 Å². The van der Waals surface area contributed by atoms with Crippen LogP contribution in [0.5, 0.6) is 0 Å². The van der Waals surface area contributed by atoms with Crippen molar-refractivity contribution in [2.75, 3.05) is 13.1 Å². The number of rotatable bonds is 2. The van der Waals surface area contributed by atoms with Crippen LogP contribution in [0.25, 0.3) is 5.70 Å². The van der Waals surface area contributed by atoms with Crippen LogP contribution in [0.1, 0.15) is 5.56 Å². The van der Waals surface area contributed by atoms with E-state index >= 15 is 0 Å². The number of nitrogens with one attached hydrogen (secondary N) is 2. The molecule has 1 aromatic carbocycles. The Morgan fingerprint density at radius 1 is 1.20 bits per heavy atom. The summed E-state index contributed by atoms with van der Waals surface area (Å²) in [6.07, 6.45) is 0. The van der Waals surface area contributed by atoms with Gasteiger partial charge < -0.3 is 10.6 Å². The van der Waals surface area contributed by atoms with Crippen LogP contribution >= 0.6 is 0 Å². The van der Waals surface area contributed by atoms with E-state index < -0.39 is 0 Å². The van der Waals surface area contributed by atoms with E-state index in [-0.39, 0.29) is 10.6 Å². The third-order valence-corrected chi connectivity index (χ3v) is 2.20. The van der Waals surface area contributed by atoms with E-state index in [4.69, 9.17) is 0 Å². The summed E-state index contributed by atoms with van der Waals surface area (Å²) in [4.78, 5) is 10.6. The quantitative estimate of drug-likeness (QED) is 0.553. The zero-order chi connectivity index (χ0) is 10.7. The Morgan fingerprint density at radius 2 is 1.80 bits per heavy atom. The van der Waals surface area contributed by atoms with E-state index in [0.717, 1.165) is 13.1 Å². The molecule has 0 spiro atoms. The van der Waals surface area contributed by atoms with Crippen LogP contribution in [-0.4, -0.2) is 18.0 Å². The standard InChI is InChI=1S/C10H11N3O2/c14-13(15)9(10-11-6-7-12-10)8-4-2-1-3-5-8/h1-5,11-12H,6-7H2. The number of hydrogen-bond donors (Lipinski definition) is 2. The first-order chi connectivity index (χ1) is 7.29. The predicted octanol–water partition coefficient (Wildman–Crippen LogP) is 0.782. The molecule has 0 aliphatic carbocycles. The van der Waals surface area contributed by atoms with Crippen molar-refractivity contribution in [2.24, 2.45) is 0 Å². The molecule has 0 radical (unpaired) electrons. The van der Waals surface area contributed by atoms with Gasteiger partial charge in [0.25, 0.3) is 0 Å². The molecule has 1 aromatic rings. The molecule has 78 valence electrons. The Morgan fingerprint density at radius 3 is 2.33 bits per heavy atom. The molecule has 1 heterocycles. The van der Waals surface area contributed by atoms with Crippen LogP contribution in [0, 0.1) is 10.1 Å². The van der Waals surface area contributed by atoms with Gasteiger partial charge in [-0.1, -0.05) is 18.2 Å². The molecule has 2 N–H and O–H groups in total. The van der Waals surface area contributed by atoms with Gasteiger partial charge in [-0.15, -0.1) is 0 Å². The lowest BCUT2D eigenvalue weighted by Crippen LogP contribution is -2.16. The molecular weight excluding hydrogens is 194 g/mol. The molecule has 1 fully saturated rings. The predicted molar refractivity (Wildman–Crippen MR) is 56.4 cm³/mol. The molecule has 0 saturated carbocycles. The van der Waals surface area contributed by atoms with Crippen LogP contribution in [0.3, 0.4) is 0 Å². The average molecular weight is 205 g/mol. The third-order valence-electron chi connectivity index (χ3n) is 2.20. The fourth-order valence-electron chi connectivity index (χ4n) is 1.54. The van der Waals surface area contributed by atoms with Gasteiger partial charge in [0.15, 0.2) is 5.82 Å². The highest BCUT2D eigenvalue weighted by Crippen LogP contribution is 2.17. The van der Waals surface area contributed by atoms with Crippen molar-refractivity contribution in [3.63, 3.8) is 0 Å². The van der Waals surface area contributed by atoms with Gasteiger partial charge in [-0.05, 0) is 12.1 Å². The van der Waals surface area contributed by atoms with E-state index in [1.54, 1.807) is 24.3 Å². The smallest absolute Gasteiger partial charge is 0.316 e. The lowest BCUT2D eigenvalue weighted by molar-refractivity contribution is -0.376. The minimum Gasteiger partial charge on any atom is -0.364 e. The zero-order valence-electron chi connectivity index (χ0n) is 8.06. The van der Waals surface area contributed by atoms with Crippen molar-refractivity contribution < 1.29 is 4.92 Å². The SMILES string of the molecule is O=[N+]([O-])C(=C1NCCN1)c1ccccc1. The van der Waals surface area contributed by atoms with Crippen LogP contribution in [0.4, 0.5) is 0 Å². The summed E-state index contributed by atoms with van der Waals surface area (Å²) in [6.45, 7) is 1.44. The summed E-state index contributed by atoms with van der Waals surface area (Å²) in [6, 6.07) is 8.86. The minimum atomic E-state index is -0.365. The largest absolute Gasteiger partial charge is 0.364 e. The van der Waals surface area contributed by atoms with E-state index in [0.29, 0.717) is 11.4 Å². The minimum absolute atomic E-state index is 0.105. The Hall–Kier alpha value is -2.04. The van der Waals surface area contributed by atoms with Gasteiger partial charge in [-0.25, -0.2) is 0 Å². The van der Waals surface area contributed by atoms with Crippen molar-refractivity contribution in [3.05, 3.63) is 51.8 Å². The van der Waals surface area contributed by atoms with Crippen molar-refractivity contribution in [3.8, 4) is 0 Å². The monoisotopic (exact) mass is 205 g/mol. The van der Waals surface area contributed by atoms with Gasteiger partial charge in [0.2, 0.25) is 0 Å². The van der Waals surface area contributed by atoms with E-state index in [2.05, 4.69) is 10.6 Å². The average Bonchev–Trinajstić information content (AvgIpc) is 2.72. The summed E-state index contributed by atoms with van der Waals surface area (Å²) in [5.41, 5.74) is 0.715. The maximum Gasteiger partial charge on any atom is 0.316 e. The van der Waals surface area contributed by atoms with Crippen LogP contribution in [0.15, 0.2) is 36.2 Å². The molecule has 1 aliphatic heterocycles. The van der Waals surface area contributed by atoms with Gasteiger partial charge in [0.1, 0.15) is 0 Å². The molecule has 5 nitrogen and oxygen atoms in total. The van der Waals surface area contributed by atoms with Crippen molar-refractivity contribution in [1.82, 2.24) is 10.6 Å². The second-order valence-electron chi connectivity index (χ2n) is 3.20. The number of nitro groups is 1. The molecule has 2 rings (SSSR count). The first kappa shape index (κ1) is 9.51. The second-order valence-corrected chi connectivity index (χ2v) is 3.20. The highest BCUT2D eigenvalue weighted by molar-refractivity contribution is 5.61. The summed E-state index contributed by atoms with van der Waals surface area (Å²) in [7, 11) is 0. The van der Waals surface area contributed by atoms with E-state index in [1.165, 1.54) is 0 Å². The molecule has 0 unspecified atom stereocenters. The van der Waals surface area contributed by atoms with Gasteiger partial charge in [-0.3, -0.25) is 10.1 Å². The summed E-state index contributed by atoms with van der Waals surface area (Å²) in [5.74, 6) is 0.506. The summed E-state index contributed by atoms with van der Waals surface area (Å²) < 4.78 is 0. The van der Waals surface area contributed by atoms with E-state index in [9.17, 15) is 10.1 Å². The molecule has 0 bridgehead atoms. The molecule has 0 aromatic heterocycles. The zero-order valence-corrected chi connectivity index (χ0v) is 8.06. The first-order valence-corrected chi connectivity index (χ1v) is 4.71. The molecule has 15 heavy (non-hydrogen) atoms. The topological polar surface area (TPSA) is 67.2 Å². The molecule has 0 atom stereocenters. The normalized spacial score (nSPS) is 14.3. The molecule has 0 amide bonds. The van der Waals surface area contributed by atoms with Gasteiger partial charge in [0.05, 0.1) is 10.5 Å². The van der Waals surface area contributed by atoms with Crippen LogP contribution in [-0.2, 0) is 0 Å². The number of hydrogen-bond acceptors (Lipinski definition) is 4. The number of benzene rings is 1. The Kier molecular flexibility index (Phi) is 2.53. The Balaban J connectivity index is 2.45. The third kappa shape index (κ3) is 1.90. The van der Waals surface area contributed by atoms with Crippen molar-refractivity contribution >= 4 is 5.70 Å². The summed E-state index contributed by atoms with van der Waals surface area (Å²) in [5, 5.41) is 16.9.